The van der Waals surface area contributed by atoms with Gasteiger partial charge in [-0.3, -0.25) is 9.20 Å². The maximum Gasteiger partial charge on any atom is 0.270 e. The van der Waals surface area contributed by atoms with Gasteiger partial charge >= 0.3 is 0 Å². The molecule has 1 amide bonds. The summed E-state index contributed by atoms with van der Waals surface area (Å²) in [4.78, 5) is 17.6. The third kappa shape index (κ3) is 4.81. The zero-order valence-electron chi connectivity index (χ0n) is 20.4. The topological polar surface area (TPSA) is 58.4 Å². The summed E-state index contributed by atoms with van der Waals surface area (Å²) in [6.07, 6.45) is 9.18. The number of carbonyl (C=O) groups excluding carboxylic acids is 1. The van der Waals surface area contributed by atoms with Gasteiger partial charge in [-0.1, -0.05) is 37.6 Å². The van der Waals surface area contributed by atoms with Crippen LogP contribution in [-0.2, 0) is 13.0 Å². The number of hydrogen-bond acceptors (Lipinski definition) is 3. The Morgan fingerprint density at radius 2 is 1.85 bits per heavy atom. The molecule has 5 rings (SSSR count). The molecule has 2 N–H and O–H groups in total. The van der Waals surface area contributed by atoms with Crippen LogP contribution in [0, 0.1) is 17.8 Å². The van der Waals surface area contributed by atoms with Gasteiger partial charge in [0.1, 0.15) is 11.3 Å². The molecule has 0 aliphatic heterocycles. The highest BCUT2D eigenvalue weighted by Crippen LogP contribution is 2.47. The number of imidazole rings is 1. The minimum absolute atomic E-state index is 0.121. The molecule has 2 fully saturated rings. The van der Waals surface area contributed by atoms with Gasteiger partial charge in [-0.15, -0.1) is 0 Å². The van der Waals surface area contributed by atoms with Crippen LogP contribution in [0.15, 0.2) is 42.6 Å². The Labute approximate surface area is 207 Å². The van der Waals surface area contributed by atoms with E-state index in [9.17, 15) is 4.79 Å². The molecule has 0 spiro atoms. The summed E-state index contributed by atoms with van der Waals surface area (Å²) in [5.41, 5.74) is 4.47. The third-order valence-corrected chi connectivity index (χ3v) is 7.92. The summed E-state index contributed by atoms with van der Waals surface area (Å²) in [5, 5.41) is 7.53. The average Bonchev–Trinajstić information content (AvgIpc) is 3.15. The smallest absolute Gasteiger partial charge is 0.270 e. The van der Waals surface area contributed by atoms with E-state index in [0.29, 0.717) is 29.3 Å². The number of halogens is 1. The lowest BCUT2D eigenvalue weighted by Crippen LogP contribution is -2.45. The number of amides is 1. The highest BCUT2D eigenvalue weighted by atomic mass is 35.5. The molecule has 180 valence electrons. The van der Waals surface area contributed by atoms with Gasteiger partial charge in [0.2, 0.25) is 0 Å². The second kappa shape index (κ2) is 9.26. The number of aromatic nitrogens is 2. The Balaban J connectivity index is 1.22. The summed E-state index contributed by atoms with van der Waals surface area (Å²) in [6, 6.07) is 12.1. The zero-order chi connectivity index (χ0) is 23.9. The molecule has 2 heterocycles. The number of rotatable bonds is 6. The molecule has 2 aliphatic carbocycles. The van der Waals surface area contributed by atoms with Crippen molar-refractivity contribution in [3.63, 3.8) is 0 Å². The van der Waals surface area contributed by atoms with Crippen molar-refractivity contribution in [2.75, 3.05) is 5.32 Å². The number of nitrogens with one attached hydrogen (secondary N) is 2. The fourth-order valence-electron chi connectivity index (χ4n) is 6.57. The van der Waals surface area contributed by atoms with Crippen molar-refractivity contribution in [2.24, 2.45) is 17.8 Å². The van der Waals surface area contributed by atoms with E-state index in [1.54, 1.807) is 18.3 Å². The van der Waals surface area contributed by atoms with Crippen LogP contribution in [0.1, 0.15) is 74.6 Å². The molecule has 2 aliphatic rings. The van der Waals surface area contributed by atoms with E-state index in [2.05, 4.69) is 53.7 Å². The van der Waals surface area contributed by atoms with Crippen molar-refractivity contribution in [1.82, 2.24) is 14.7 Å². The molecule has 0 saturated heterocycles. The van der Waals surface area contributed by atoms with Crippen molar-refractivity contribution < 1.29 is 4.79 Å². The van der Waals surface area contributed by atoms with Crippen molar-refractivity contribution in [3.8, 4) is 0 Å². The van der Waals surface area contributed by atoms with Gasteiger partial charge in [0, 0.05) is 35.1 Å². The van der Waals surface area contributed by atoms with Crippen LogP contribution in [0.5, 0.6) is 0 Å². The molecular formula is C28H35ClN4O. The van der Waals surface area contributed by atoms with E-state index in [-0.39, 0.29) is 11.4 Å². The van der Waals surface area contributed by atoms with E-state index in [1.165, 1.54) is 32.1 Å². The molecule has 6 heteroatoms. The molecule has 3 aromatic rings. The number of carbonyl (C=O) groups is 1. The predicted octanol–water partition coefficient (Wildman–Crippen LogP) is 6.50. The van der Waals surface area contributed by atoms with Gasteiger partial charge in [-0.05, 0) is 87.0 Å². The molecule has 2 saturated carbocycles. The van der Waals surface area contributed by atoms with Crippen LogP contribution in [-0.4, -0.2) is 20.8 Å². The van der Waals surface area contributed by atoms with Crippen LogP contribution in [0.4, 0.5) is 5.69 Å². The summed E-state index contributed by atoms with van der Waals surface area (Å²) >= 11 is 6.10. The van der Waals surface area contributed by atoms with Crippen molar-refractivity contribution >= 4 is 28.8 Å². The van der Waals surface area contributed by atoms with Crippen LogP contribution >= 0.6 is 11.6 Å². The van der Waals surface area contributed by atoms with Gasteiger partial charge in [-0.2, -0.15) is 0 Å². The first-order valence-electron chi connectivity index (χ1n) is 12.6. The summed E-state index contributed by atoms with van der Waals surface area (Å²) in [7, 11) is 0. The fourth-order valence-corrected chi connectivity index (χ4v) is 6.72. The summed E-state index contributed by atoms with van der Waals surface area (Å²) in [5.74, 6) is 2.48. The number of nitrogens with zero attached hydrogens (tertiary/aromatic N) is 2. The van der Waals surface area contributed by atoms with E-state index in [1.807, 2.05) is 11.3 Å². The first-order valence-corrected chi connectivity index (χ1v) is 13.0. The second-order valence-corrected chi connectivity index (χ2v) is 11.3. The first kappa shape index (κ1) is 23.2. The van der Waals surface area contributed by atoms with Crippen molar-refractivity contribution in [2.45, 2.75) is 71.4 Å². The number of fused-ring (bicyclic) bond motifs is 3. The largest absolute Gasteiger partial charge is 0.380 e. The van der Waals surface area contributed by atoms with Gasteiger partial charge < -0.3 is 10.6 Å². The molecule has 2 atom stereocenters. The normalized spacial score (nSPS) is 26.4. The summed E-state index contributed by atoms with van der Waals surface area (Å²) in [6.45, 7) is 7.29. The number of benzene rings is 1. The minimum Gasteiger partial charge on any atom is -0.380 e. The van der Waals surface area contributed by atoms with Gasteiger partial charge in [0.25, 0.3) is 5.91 Å². The predicted molar refractivity (Wildman–Crippen MR) is 138 cm³/mol. The Morgan fingerprint density at radius 3 is 2.53 bits per heavy atom. The Kier molecular flexibility index (Phi) is 6.32. The Bertz CT molecular complexity index is 1170. The summed E-state index contributed by atoms with van der Waals surface area (Å²) < 4.78 is 1.81. The number of anilines is 1. The number of aryl methyl sites for hydroxylation is 1. The van der Waals surface area contributed by atoms with Crippen LogP contribution in [0.25, 0.3) is 5.65 Å². The van der Waals surface area contributed by atoms with Crippen LogP contribution in [0.2, 0.25) is 5.02 Å². The van der Waals surface area contributed by atoms with E-state index >= 15 is 0 Å². The number of pyridine rings is 1. The van der Waals surface area contributed by atoms with Gasteiger partial charge in [0.05, 0.1) is 5.69 Å². The quantitative estimate of drug-likeness (QED) is 0.425. The van der Waals surface area contributed by atoms with Crippen LogP contribution < -0.4 is 10.6 Å². The molecule has 0 radical (unpaired) electrons. The SMILES string of the molecule is CCc1nc2cc(Cl)ccn2c1C(=O)NCc1ccc(NC2(C)CC3CC(C)CC(C3)C2)cc1. The van der Waals surface area contributed by atoms with Gasteiger partial charge in [0.15, 0.2) is 0 Å². The third-order valence-electron chi connectivity index (χ3n) is 7.68. The number of hydrogen-bond donors (Lipinski definition) is 2. The van der Waals surface area contributed by atoms with Crippen molar-refractivity contribution in [3.05, 3.63) is 64.6 Å². The van der Waals surface area contributed by atoms with E-state index in [0.717, 1.165) is 34.7 Å². The highest BCUT2D eigenvalue weighted by molar-refractivity contribution is 6.30. The molecule has 34 heavy (non-hydrogen) atoms. The minimum atomic E-state index is -0.121. The lowest BCUT2D eigenvalue weighted by Gasteiger charge is -2.48. The molecular weight excluding hydrogens is 444 g/mol. The van der Waals surface area contributed by atoms with Crippen molar-refractivity contribution in [1.29, 1.82) is 0 Å². The first-order chi connectivity index (χ1) is 16.3. The molecule has 5 nitrogen and oxygen atoms in total. The monoisotopic (exact) mass is 478 g/mol. The average molecular weight is 479 g/mol. The lowest BCUT2D eigenvalue weighted by atomic mass is 9.62. The maximum atomic E-state index is 13.0. The Morgan fingerprint density at radius 1 is 1.15 bits per heavy atom. The molecule has 2 aromatic heterocycles. The molecule has 1 aromatic carbocycles. The van der Waals surface area contributed by atoms with E-state index < -0.39 is 0 Å². The second-order valence-electron chi connectivity index (χ2n) is 10.9. The van der Waals surface area contributed by atoms with E-state index in [4.69, 9.17) is 11.6 Å². The Hall–Kier alpha value is -2.53. The van der Waals surface area contributed by atoms with Crippen LogP contribution in [0.3, 0.4) is 0 Å². The highest BCUT2D eigenvalue weighted by Gasteiger charge is 2.40. The molecule has 2 unspecified atom stereocenters. The maximum absolute atomic E-state index is 13.0. The molecule has 2 bridgehead atoms. The lowest BCUT2D eigenvalue weighted by molar-refractivity contribution is 0.0944. The standard InChI is InChI=1S/C28H35ClN4O/c1-4-24-26(33-10-9-22(29)14-25(33)31-24)27(34)30-17-19-5-7-23(8-6-19)32-28(3)15-20-11-18(2)12-21(13-20)16-28/h5-10,14,18,20-21,32H,4,11-13,15-17H2,1-3H3,(H,30,34). The van der Waals surface area contributed by atoms with Gasteiger partial charge in [-0.25, -0.2) is 4.98 Å². The fraction of sp³-hybridized carbons (Fsp3) is 0.500. The zero-order valence-corrected chi connectivity index (χ0v) is 21.2.